The summed E-state index contributed by atoms with van der Waals surface area (Å²) in [5, 5.41) is 11.0. The number of sulfonamides is 1. The molecule has 4 nitrogen and oxygen atoms in total. The molecule has 5 heteroatoms. The van der Waals surface area contributed by atoms with Crippen molar-refractivity contribution in [3.63, 3.8) is 0 Å². The normalized spacial score (nSPS) is 22.5. The van der Waals surface area contributed by atoms with Crippen LogP contribution in [0.15, 0.2) is 29.7 Å². The number of aliphatic hydroxyl groups excluding tert-OH is 1. The molecule has 1 aromatic carbocycles. The van der Waals surface area contributed by atoms with Crippen molar-refractivity contribution in [2.45, 2.75) is 45.3 Å². The highest BCUT2D eigenvalue weighted by atomic mass is 32.2. The molecular formula is C16H23NO3S. The molecule has 1 fully saturated rings. The summed E-state index contributed by atoms with van der Waals surface area (Å²) in [6, 6.07) is 7.37. The summed E-state index contributed by atoms with van der Waals surface area (Å²) in [7, 11) is -3.49. The third kappa shape index (κ3) is 4.15. The van der Waals surface area contributed by atoms with Crippen LogP contribution in [-0.2, 0) is 10.0 Å². The largest absolute Gasteiger partial charge is 0.392 e. The molecule has 2 rings (SSSR count). The van der Waals surface area contributed by atoms with Gasteiger partial charge in [-0.1, -0.05) is 36.2 Å². The lowest BCUT2D eigenvalue weighted by molar-refractivity contribution is 0.0838. The van der Waals surface area contributed by atoms with Crippen LogP contribution in [0.25, 0.3) is 6.08 Å². The quantitative estimate of drug-likeness (QED) is 0.930. The minimum Gasteiger partial charge on any atom is -0.392 e. The van der Waals surface area contributed by atoms with E-state index >= 15 is 0 Å². The number of hydrogen-bond donors (Lipinski definition) is 1. The monoisotopic (exact) mass is 309 g/mol. The molecule has 0 radical (unpaired) electrons. The summed E-state index contributed by atoms with van der Waals surface area (Å²) >= 11 is 0. The van der Waals surface area contributed by atoms with Gasteiger partial charge < -0.3 is 5.11 Å². The molecular weight excluding hydrogens is 286 g/mol. The molecule has 0 bridgehead atoms. The fourth-order valence-corrected chi connectivity index (χ4v) is 4.18. The molecule has 1 aromatic rings. The van der Waals surface area contributed by atoms with E-state index in [1.165, 1.54) is 9.71 Å². The van der Waals surface area contributed by atoms with Gasteiger partial charge in [-0.15, -0.1) is 0 Å². The Balaban J connectivity index is 2.18. The first-order chi connectivity index (χ1) is 9.90. The maximum atomic E-state index is 12.5. The van der Waals surface area contributed by atoms with Gasteiger partial charge in [0.15, 0.2) is 0 Å². The zero-order valence-electron chi connectivity index (χ0n) is 12.6. The Bertz CT molecular complexity index is 590. The highest BCUT2D eigenvalue weighted by Gasteiger charge is 2.33. The van der Waals surface area contributed by atoms with Crippen molar-refractivity contribution in [3.05, 3.63) is 40.8 Å². The first-order valence-electron chi connectivity index (χ1n) is 7.35. The summed E-state index contributed by atoms with van der Waals surface area (Å²) in [4.78, 5) is 0. The molecule has 0 saturated carbocycles. The zero-order chi connectivity index (χ0) is 15.5. The third-order valence-corrected chi connectivity index (χ3v) is 5.48. The number of nitrogens with zero attached hydrogens (tertiary/aromatic N) is 1. The van der Waals surface area contributed by atoms with E-state index in [4.69, 9.17) is 0 Å². The number of aryl methyl sites for hydroxylation is 1. The Morgan fingerprint density at radius 1 is 1.29 bits per heavy atom. The van der Waals surface area contributed by atoms with Crippen molar-refractivity contribution in [2.24, 2.45) is 0 Å². The second-order valence-corrected chi connectivity index (χ2v) is 7.44. The zero-order valence-corrected chi connectivity index (χ0v) is 13.4. The number of aliphatic hydroxyl groups is 1. The maximum absolute atomic E-state index is 12.5. The average molecular weight is 309 g/mol. The number of benzene rings is 1. The van der Waals surface area contributed by atoms with Gasteiger partial charge >= 0.3 is 0 Å². The van der Waals surface area contributed by atoms with Gasteiger partial charge in [0, 0.05) is 12.0 Å². The van der Waals surface area contributed by atoms with Gasteiger partial charge in [-0.2, -0.15) is 4.31 Å². The number of rotatable bonds is 4. The molecule has 0 aliphatic carbocycles. The molecule has 1 aliphatic rings. The van der Waals surface area contributed by atoms with E-state index in [9.17, 15) is 13.5 Å². The maximum Gasteiger partial charge on any atom is 0.236 e. The Kier molecular flexibility index (Phi) is 5.19. The van der Waals surface area contributed by atoms with E-state index in [2.05, 4.69) is 0 Å². The van der Waals surface area contributed by atoms with E-state index in [0.29, 0.717) is 6.54 Å². The molecule has 0 spiro atoms. The van der Waals surface area contributed by atoms with Crippen molar-refractivity contribution in [3.8, 4) is 0 Å². The molecule has 2 atom stereocenters. The standard InChI is InChI=1S/C16H23NO3S/c1-13-6-8-15(9-7-13)10-12-21(19,20)17-11-4-3-5-16(17)14(2)18/h6-10,12,14,16,18H,3-5,11H2,1-2H3/b12-10+. The Morgan fingerprint density at radius 3 is 2.57 bits per heavy atom. The van der Waals surface area contributed by atoms with E-state index in [-0.39, 0.29) is 6.04 Å². The smallest absolute Gasteiger partial charge is 0.236 e. The molecule has 116 valence electrons. The van der Waals surface area contributed by atoms with Gasteiger partial charge in [0.05, 0.1) is 12.1 Å². The van der Waals surface area contributed by atoms with Gasteiger partial charge in [-0.05, 0) is 38.3 Å². The third-order valence-electron chi connectivity index (χ3n) is 3.89. The van der Waals surface area contributed by atoms with Crippen LogP contribution < -0.4 is 0 Å². The fraction of sp³-hybridized carbons (Fsp3) is 0.500. The van der Waals surface area contributed by atoms with Gasteiger partial charge in [-0.3, -0.25) is 0 Å². The summed E-state index contributed by atoms with van der Waals surface area (Å²) in [6.07, 6.45) is 3.50. The molecule has 0 amide bonds. The van der Waals surface area contributed by atoms with Crippen LogP contribution in [0.5, 0.6) is 0 Å². The van der Waals surface area contributed by atoms with Crippen LogP contribution in [0.2, 0.25) is 0 Å². The SMILES string of the molecule is Cc1ccc(/C=C/S(=O)(=O)N2CCCCC2C(C)O)cc1. The fourth-order valence-electron chi connectivity index (χ4n) is 2.65. The van der Waals surface area contributed by atoms with Gasteiger partial charge in [0.1, 0.15) is 0 Å². The molecule has 2 unspecified atom stereocenters. The van der Waals surface area contributed by atoms with Crippen LogP contribution in [-0.4, -0.2) is 36.5 Å². The molecule has 1 N–H and O–H groups in total. The molecule has 0 aromatic heterocycles. The van der Waals surface area contributed by atoms with Crippen LogP contribution in [0.3, 0.4) is 0 Å². The van der Waals surface area contributed by atoms with Crippen molar-refractivity contribution >= 4 is 16.1 Å². The average Bonchev–Trinajstić information content (AvgIpc) is 2.47. The van der Waals surface area contributed by atoms with Gasteiger partial charge in [0.2, 0.25) is 10.0 Å². The number of piperidine rings is 1. The van der Waals surface area contributed by atoms with Crippen LogP contribution in [0.1, 0.15) is 37.3 Å². The summed E-state index contributed by atoms with van der Waals surface area (Å²) in [5.41, 5.74) is 2.00. The van der Waals surface area contributed by atoms with E-state index in [0.717, 1.165) is 30.4 Å². The Labute approximate surface area is 127 Å². The predicted octanol–water partition coefficient (Wildman–Crippen LogP) is 2.53. The van der Waals surface area contributed by atoms with E-state index < -0.39 is 16.1 Å². The second-order valence-electron chi connectivity index (χ2n) is 5.67. The molecule has 1 heterocycles. The minimum atomic E-state index is -3.49. The molecule has 1 saturated heterocycles. The van der Waals surface area contributed by atoms with Crippen molar-refractivity contribution in [1.29, 1.82) is 0 Å². The Morgan fingerprint density at radius 2 is 1.95 bits per heavy atom. The topological polar surface area (TPSA) is 57.6 Å². The Hall–Kier alpha value is -1.17. The lowest BCUT2D eigenvalue weighted by Gasteiger charge is -2.35. The van der Waals surface area contributed by atoms with Crippen molar-refractivity contribution in [2.75, 3.05) is 6.54 Å². The highest BCUT2D eigenvalue weighted by molar-refractivity contribution is 7.92. The predicted molar refractivity (Wildman–Crippen MR) is 85.2 cm³/mol. The highest BCUT2D eigenvalue weighted by Crippen LogP contribution is 2.24. The van der Waals surface area contributed by atoms with Gasteiger partial charge in [0.25, 0.3) is 0 Å². The lowest BCUT2D eigenvalue weighted by Crippen LogP contribution is -2.48. The second kappa shape index (κ2) is 6.73. The first-order valence-corrected chi connectivity index (χ1v) is 8.85. The summed E-state index contributed by atoms with van der Waals surface area (Å²) in [5.74, 6) is 0. The van der Waals surface area contributed by atoms with Crippen LogP contribution in [0, 0.1) is 6.92 Å². The first kappa shape index (κ1) is 16.2. The van der Waals surface area contributed by atoms with Gasteiger partial charge in [-0.25, -0.2) is 8.42 Å². The van der Waals surface area contributed by atoms with E-state index in [1.54, 1.807) is 13.0 Å². The molecule has 1 aliphatic heterocycles. The minimum absolute atomic E-state index is 0.314. The van der Waals surface area contributed by atoms with Crippen LogP contribution in [0.4, 0.5) is 0 Å². The lowest BCUT2D eigenvalue weighted by atomic mass is 10.0. The van der Waals surface area contributed by atoms with E-state index in [1.807, 2.05) is 31.2 Å². The summed E-state index contributed by atoms with van der Waals surface area (Å²) < 4.78 is 26.4. The number of hydrogen-bond acceptors (Lipinski definition) is 3. The molecule has 21 heavy (non-hydrogen) atoms. The van der Waals surface area contributed by atoms with Crippen molar-refractivity contribution < 1.29 is 13.5 Å². The summed E-state index contributed by atoms with van der Waals surface area (Å²) in [6.45, 7) is 4.13. The van der Waals surface area contributed by atoms with Crippen LogP contribution >= 0.6 is 0 Å². The van der Waals surface area contributed by atoms with Crippen molar-refractivity contribution in [1.82, 2.24) is 4.31 Å².